The van der Waals surface area contributed by atoms with E-state index in [1.807, 2.05) is 49.4 Å². The summed E-state index contributed by atoms with van der Waals surface area (Å²) >= 11 is 0. The van der Waals surface area contributed by atoms with Gasteiger partial charge in [-0.2, -0.15) is 0 Å². The third kappa shape index (κ3) is 5.31. The summed E-state index contributed by atoms with van der Waals surface area (Å²) in [6.45, 7) is 2.61. The van der Waals surface area contributed by atoms with Crippen LogP contribution < -0.4 is 15.4 Å². The molecule has 6 heteroatoms. The van der Waals surface area contributed by atoms with E-state index in [1.54, 1.807) is 24.7 Å². The summed E-state index contributed by atoms with van der Waals surface area (Å²) in [4.78, 5) is 20.2. The molecule has 0 bridgehead atoms. The molecule has 3 rings (SSSR count). The second-order valence-electron chi connectivity index (χ2n) is 5.79. The number of hydrogen-bond donors (Lipinski definition) is 2. The van der Waals surface area contributed by atoms with Crippen LogP contribution in [0.15, 0.2) is 67.1 Å². The van der Waals surface area contributed by atoms with Crippen LogP contribution in [0.3, 0.4) is 0 Å². The minimum atomic E-state index is -0.232. The highest BCUT2D eigenvalue weighted by atomic mass is 16.5. The molecule has 0 unspecified atom stereocenters. The lowest BCUT2D eigenvalue weighted by Gasteiger charge is -2.09. The topological polar surface area (TPSA) is 76.1 Å². The van der Waals surface area contributed by atoms with Crippen molar-refractivity contribution >= 4 is 17.4 Å². The van der Waals surface area contributed by atoms with Crippen molar-refractivity contribution in [2.45, 2.75) is 13.5 Å². The maximum atomic E-state index is 12.0. The van der Waals surface area contributed by atoms with Gasteiger partial charge >= 0.3 is 0 Å². The van der Waals surface area contributed by atoms with Crippen LogP contribution in [0.4, 0.5) is 11.5 Å². The molecule has 132 valence electrons. The molecule has 0 radical (unpaired) electrons. The van der Waals surface area contributed by atoms with Crippen molar-refractivity contribution in [1.82, 2.24) is 9.97 Å². The van der Waals surface area contributed by atoms with Crippen LogP contribution in [0.1, 0.15) is 11.1 Å². The Balaban J connectivity index is 1.45. The molecule has 1 aromatic carbocycles. The van der Waals surface area contributed by atoms with Gasteiger partial charge in [-0.05, 0) is 48.9 Å². The van der Waals surface area contributed by atoms with Gasteiger partial charge in [0.2, 0.25) is 0 Å². The predicted octanol–water partition coefficient (Wildman–Crippen LogP) is 3.41. The molecule has 2 N–H and O–H groups in total. The van der Waals surface area contributed by atoms with Crippen LogP contribution in [0.2, 0.25) is 0 Å². The first kappa shape index (κ1) is 17.4. The number of ether oxygens (including phenoxy) is 1. The van der Waals surface area contributed by atoms with E-state index in [0.29, 0.717) is 18.0 Å². The minimum Gasteiger partial charge on any atom is -0.484 e. The number of nitrogens with one attached hydrogen (secondary N) is 2. The predicted molar refractivity (Wildman–Crippen MR) is 101 cm³/mol. The normalized spacial score (nSPS) is 10.2. The first-order chi connectivity index (χ1) is 12.7. The zero-order valence-electron chi connectivity index (χ0n) is 14.5. The number of aromatic nitrogens is 2. The molecule has 0 aliphatic heterocycles. The SMILES string of the molecule is Cc1ccc(OCC(=O)Nc2ccc(NCc3ccncc3)nc2)cc1. The third-order valence-electron chi connectivity index (χ3n) is 3.66. The molecule has 0 fully saturated rings. The lowest BCUT2D eigenvalue weighted by atomic mass is 10.2. The van der Waals surface area contributed by atoms with Crippen LogP contribution in [-0.2, 0) is 11.3 Å². The van der Waals surface area contributed by atoms with Crippen molar-refractivity contribution in [3.63, 3.8) is 0 Å². The quantitative estimate of drug-likeness (QED) is 0.684. The Bertz CT molecular complexity index is 834. The number of hydrogen-bond acceptors (Lipinski definition) is 5. The standard InChI is InChI=1S/C20H20N4O2/c1-15-2-5-18(6-3-15)26-14-20(25)24-17-4-7-19(23-13-17)22-12-16-8-10-21-11-9-16/h2-11,13H,12,14H2,1H3,(H,22,23)(H,24,25). The molecular formula is C20H20N4O2. The summed E-state index contributed by atoms with van der Waals surface area (Å²) in [5, 5.41) is 5.98. The van der Waals surface area contributed by atoms with Gasteiger partial charge in [-0.15, -0.1) is 0 Å². The van der Waals surface area contributed by atoms with Crippen molar-refractivity contribution in [1.29, 1.82) is 0 Å². The second kappa shape index (κ2) is 8.62. The van der Waals surface area contributed by atoms with Gasteiger partial charge in [0.1, 0.15) is 11.6 Å². The summed E-state index contributed by atoms with van der Waals surface area (Å²) in [7, 11) is 0. The zero-order chi connectivity index (χ0) is 18.2. The second-order valence-corrected chi connectivity index (χ2v) is 5.79. The van der Waals surface area contributed by atoms with E-state index >= 15 is 0 Å². The summed E-state index contributed by atoms with van der Waals surface area (Å²) in [5.74, 6) is 1.17. The Morgan fingerprint density at radius 3 is 2.50 bits per heavy atom. The third-order valence-corrected chi connectivity index (χ3v) is 3.66. The highest BCUT2D eigenvalue weighted by Crippen LogP contribution is 2.13. The van der Waals surface area contributed by atoms with Crippen LogP contribution in [0, 0.1) is 6.92 Å². The molecule has 0 aliphatic carbocycles. The van der Waals surface area contributed by atoms with Crippen LogP contribution >= 0.6 is 0 Å². The molecule has 2 heterocycles. The van der Waals surface area contributed by atoms with E-state index < -0.39 is 0 Å². The van der Waals surface area contributed by atoms with Crippen LogP contribution in [0.25, 0.3) is 0 Å². The Labute approximate surface area is 152 Å². The fraction of sp³-hybridized carbons (Fsp3) is 0.150. The number of nitrogens with zero attached hydrogens (tertiary/aromatic N) is 2. The van der Waals surface area contributed by atoms with Crippen molar-refractivity contribution in [2.24, 2.45) is 0 Å². The average molecular weight is 348 g/mol. The molecular weight excluding hydrogens is 328 g/mol. The maximum absolute atomic E-state index is 12.0. The Morgan fingerprint density at radius 2 is 1.81 bits per heavy atom. The highest BCUT2D eigenvalue weighted by Gasteiger charge is 2.04. The number of carbonyl (C=O) groups is 1. The van der Waals surface area contributed by atoms with Gasteiger partial charge in [-0.1, -0.05) is 17.7 Å². The van der Waals surface area contributed by atoms with Crippen molar-refractivity contribution in [2.75, 3.05) is 17.2 Å². The summed E-state index contributed by atoms with van der Waals surface area (Å²) in [6.07, 6.45) is 5.11. The molecule has 0 saturated heterocycles. The molecule has 1 amide bonds. The van der Waals surface area contributed by atoms with Gasteiger partial charge in [0.05, 0.1) is 11.9 Å². The number of carbonyl (C=O) groups excluding carboxylic acids is 1. The summed E-state index contributed by atoms with van der Waals surface area (Å²) < 4.78 is 5.46. The number of rotatable bonds is 7. The number of aryl methyl sites for hydroxylation is 1. The fourth-order valence-electron chi connectivity index (χ4n) is 2.25. The molecule has 0 spiro atoms. The molecule has 0 atom stereocenters. The van der Waals surface area contributed by atoms with Crippen LogP contribution in [0.5, 0.6) is 5.75 Å². The fourth-order valence-corrected chi connectivity index (χ4v) is 2.25. The summed E-state index contributed by atoms with van der Waals surface area (Å²) in [6, 6.07) is 15.1. The number of benzene rings is 1. The van der Waals surface area contributed by atoms with E-state index in [9.17, 15) is 4.79 Å². The molecule has 6 nitrogen and oxygen atoms in total. The average Bonchev–Trinajstić information content (AvgIpc) is 2.68. The molecule has 0 aliphatic rings. The van der Waals surface area contributed by atoms with Gasteiger partial charge in [0.15, 0.2) is 6.61 Å². The van der Waals surface area contributed by atoms with Crippen molar-refractivity contribution in [3.8, 4) is 5.75 Å². The lowest BCUT2D eigenvalue weighted by molar-refractivity contribution is -0.118. The zero-order valence-corrected chi connectivity index (χ0v) is 14.5. The van der Waals surface area contributed by atoms with Gasteiger partial charge < -0.3 is 15.4 Å². The number of amides is 1. The summed E-state index contributed by atoms with van der Waals surface area (Å²) in [5.41, 5.74) is 2.88. The first-order valence-electron chi connectivity index (χ1n) is 8.27. The Kier molecular flexibility index (Phi) is 5.77. The maximum Gasteiger partial charge on any atom is 0.262 e. The van der Waals surface area contributed by atoms with Crippen molar-refractivity contribution in [3.05, 3.63) is 78.2 Å². The largest absolute Gasteiger partial charge is 0.484 e. The van der Waals surface area contributed by atoms with E-state index in [1.165, 1.54) is 0 Å². The Morgan fingerprint density at radius 1 is 1.04 bits per heavy atom. The number of anilines is 2. The Hall–Kier alpha value is -3.41. The smallest absolute Gasteiger partial charge is 0.262 e. The van der Waals surface area contributed by atoms with E-state index in [4.69, 9.17) is 4.74 Å². The van der Waals surface area contributed by atoms with E-state index in [0.717, 1.165) is 16.9 Å². The number of pyridine rings is 2. The molecule has 0 saturated carbocycles. The highest BCUT2D eigenvalue weighted by molar-refractivity contribution is 5.91. The first-order valence-corrected chi connectivity index (χ1v) is 8.27. The van der Waals surface area contributed by atoms with Crippen molar-refractivity contribution < 1.29 is 9.53 Å². The minimum absolute atomic E-state index is 0.0505. The van der Waals surface area contributed by atoms with Gasteiger partial charge in [0, 0.05) is 18.9 Å². The lowest BCUT2D eigenvalue weighted by Crippen LogP contribution is -2.20. The van der Waals surface area contributed by atoms with Gasteiger partial charge in [0.25, 0.3) is 5.91 Å². The van der Waals surface area contributed by atoms with E-state index in [2.05, 4.69) is 20.6 Å². The van der Waals surface area contributed by atoms with Gasteiger partial charge in [-0.25, -0.2) is 4.98 Å². The van der Waals surface area contributed by atoms with Gasteiger partial charge in [-0.3, -0.25) is 9.78 Å². The monoisotopic (exact) mass is 348 g/mol. The molecule has 3 aromatic rings. The molecule has 2 aromatic heterocycles. The van der Waals surface area contributed by atoms with E-state index in [-0.39, 0.29) is 12.5 Å². The molecule has 26 heavy (non-hydrogen) atoms. The van der Waals surface area contributed by atoms with Crippen LogP contribution in [-0.4, -0.2) is 22.5 Å².